The van der Waals surface area contributed by atoms with Crippen molar-refractivity contribution in [1.82, 2.24) is 0 Å². The predicted octanol–water partition coefficient (Wildman–Crippen LogP) is 0.760. The van der Waals surface area contributed by atoms with Crippen LogP contribution in [0.15, 0.2) is 24.3 Å². The maximum Gasteiger partial charge on any atom is 0.554 e. The second kappa shape index (κ2) is 5.61. The first-order valence-corrected chi connectivity index (χ1v) is 4.15. The molecule has 0 saturated heterocycles. The van der Waals surface area contributed by atoms with Crippen LogP contribution in [0.5, 0.6) is 5.75 Å². The van der Waals surface area contributed by atoms with Gasteiger partial charge in [0.15, 0.2) is 0 Å². The zero-order chi connectivity index (χ0) is 10.4. The Hall–Kier alpha value is -1.08. The Balaban J connectivity index is 2.71. The lowest BCUT2D eigenvalue weighted by Crippen LogP contribution is -2.34. The summed E-state index contributed by atoms with van der Waals surface area (Å²) in [5.41, 5.74) is 0.485. The van der Waals surface area contributed by atoms with Crippen molar-refractivity contribution in [2.24, 2.45) is 0 Å². The normalized spacial score (nSPS) is 9.93. The monoisotopic (exact) mass is 198 g/mol. The SMILES string of the molecule is CCOc1ccc(B(OO)OO)cc1. The quantitative estimate of drug-likeness (QED) is 0.415. The van der Waals surface area contributed by atoms with E-state index < -0.39 is 7.12 Å². The van der Waals surface area contributed by atoms with Gasteiger partial charge in [-0.3, -0.25) is 20.1 Å². The third-order valence-corrected chi connectivity index (χ3v) is 1.65. The summed E-state index contributed by atoms with van der Waals surface area (Å²) < 4.78 is 5.20. The van der Waals surface area contributed by atoms with Crippen LogP contribution in [0, 0.1) is 0 Å². The summed E-state index contributed by atoms with van der Waals surface area (Å²) in [4.78, 5) is 7.74. The molecule has 0 spiro atoms. The van der Waals surface area contributed by atoms with Gasteiger partial charge in [0, 0.05) is 0 Å². The van der Waals surface area contributed by atoms with E-state index in [0.29, 0.717) is 17.8 Å². The van der Waals surface area contributed by atoms with Gasteiger partial charge in [0.2, 0.25) is 0 Å². The summed E-state index contributed by atoms with van der Waals surface area (Å²) in [5.74, 6) is 0.700. The van der Waals surface area contributed by atoms with E-state index in [-0.39, 0.29) is 0 Å². The van der Waals surface area contributed by atoms with Crippen molar-refractivity contribution in [3.05, 3.63) is 24.3 Å². The molecular formula is C8H11BO5. The van der Waals surface area contributed by atoms with E-state index >= 15 is 0 Å². The molecule has 1 aromatic rings. The zero-order valence-corrected chi connectivity index (χ0v) is 7.71. The first-order chi connectivity index (χ1) is 6.81. The number of rotatable bonds is 5. The molecule has 0 aliphatic carbocycles. The molecule has 0 radical (unpaired) electrons. The first-order valence-electron chi connectivity index (χ1n) is 4.15. The fourth-order valence-electron chi connectivity index (χ4n) is 1.03. The molecule has 5 nitrogen and oxygen atoms in total. The topological polar surface area (TPSA) is 68.2 Å². The minimum Gasteiger partial charge on any atom is -0.494 e. The van der Waals surface area contributed by atoms with Crippen molar-refractivity contribution < 1.29 is 24.9 Å². The fourth-order valence-corrected chi connectivity index (χ4v) is 1.03. The van der Waals surface area contributed by atoms with Crippen molar-refractivity contribution in [2.45, 2.75) is 6.92 Å². The molecule has 0 aliphatic rings. The largest absolute Gasteiger partial charge is 0.554 e. The molecule has 0 saturated carbocycles. The van der Waals surface area contributed by atoms with Crippen LogP contribution in [-0.2, 0) is 9.61 Å². The lowest BCUT2D eigenvalue weighted by Gasteiger charge is -2.06. The molecule has 1 aromatic carbocycles. The van der Waals surface area contributed by atoms with Crippen molar-refractivity contribution in [1.29, 1.82) is 0 Å². The van der Waals surface area contributed by atoms with E-state index in [1.807, 2.05) is 6.92 Å². The minimum atomic E-state index is -1.19. The summed E-state index contributed by atoms with van der Waals surface area (Å²) in [6.45, 7) is 2.46. The van der Waals surface area contributed by atoms with Crippen LogP contribution in [0.1, 0.15) is 6.92 Å². The summed E-state index contributed by atoms with van der Waals surface area (Å²) in [6.07, 6.45) is 0. The van der Waals surface area contributed by atoms with E-state index in [4.69, 9.17) is 15.3 Å². The Labute approximate surface area is 81.8 Å². The third-order valence-electron chi connectivity index (χ3n) is 1.65. The molecule has 76 valence electrons. The molecule has 0 aromatic heterocycles. The number of ether oxygens (including phenoxy) is 1. The summed E-state index contributed by atoms with van der Waals surface area (Å²) in [7, 11) is -1.19. The van der Waals surface area contributed by atoms with E-state index in [9.17, 15) is 0 Å². The smallest absolute Gasteiger partial charge is 0.494 e. The third kappa shape index (κ3) is 2.71. The Morgan fingerprint density at radius 2 is 1.71 bits per heavy atom. The highest BCUT2D eigenvalue weighted by Gasteiger charge is 2.21. The molecule has 0 aliphatic heterocycles. The van der Waals surface area contributed by atoms with Gasteiger partial charge in [-0.15, -0.1) is 0 Å². The lowest BCUT2D eigenvalue weighted by molar-refractivity contribution is -0.221. The summed E-state index contributed by atoms with van der Waals surface area (Å²) in [5, 5.41) is 16.7. The Morgan fingerprint density at radius 3 is 2.14 bits per heavy atom. The standard InChI is InChI=1S/C8H11BO5/c1-2-12-8-5-3-7(4-6-8)9(13-10)14-11/h3-6,10-11H,2H2,1H3. The molecule has 6 heteroatoms. The Kier molecular flexibility index (Phi) is 4.41. The maximum atomic E-state index is 8.34. The van der Waals surface area contributed by atoms with Gasteiger partial charge in [-0.05, 0) is 24.5 Å². The van der Waals surface area contributed by atoms with Crippen LogP contribution in [0.4, 0.5) is 0 Å². The molecule has 0 amide bonds. The molecule has 0 atom stereocenters. The van der Waals surface area contributed by atoms with Gasteiger partial charge in [0.25, 0.3) is 0 Å². The molecule has 0 unspecified atom stereocenters. The van der Waals surface area contributed by atoms with Crippen LogP contribution in [-0.4, -0.2) is 24.2 Å². The van der Waals surface area contributed by atoms with Crippen LogP contribution in [0.2, 0.25) is 0 Å². The van der Waals surface area contributed by atoms with Crippen molar-refractivity contribution >= 4 is 12.6 Å². The van der Waals surface area contributed by atoms with Gasteiger partial charge >= 0.3 is 7.12 Å². The van der Waals surface area contributed by atoms with Gasteiger partial charge in [-0.2, -0.15) is 0 Å². The average molecular weight is 198 g/mol. The molecule has 0 fully saturated rings. The lowest BCUT2D eigenvalue weighted by atomic mass is 9.80. The Bertz CT molecular complexity index is 259. The highest BCUT2D eigenvalue weighted by atomic mass is 17.2. The minimum absolute atomic E-state index is 0.485. The van der Waals surface area contributed by atoms with Gasteiger partial charge in [0.05, 0.1) is 6.61 Å². The van der Waals surface area contributed by atoms with Gasteiger partial charge in [0.1, 0.15) is 5.75 Å². The summed E-state index contributed by atoms with van der Waals surface area (Å²) in [6, 6.07) is 6.60. The van der Waals surface area contributed by atoms with Gasteiger partial charge in [-0.1, -0.05) is 12.1 Å². The van der Waals surface area contributed by atoms with Crippen LogP contribution in [0.3, 0.4) is 0 Å². The molecule has 14 heavy (non-hydrogen) atoms. The van der Waals surface area contributed by atoms with Crippen LogP contribution < -0.4 is 10.2 Å². The van der Waals surface area contributed by atoms with Crippen molar-refractivity contribution in [2.75, 3.05) is 6.61 Å². The predicted molar refractivity (Wildman–Crippen MR) is 50.4 cm³/mol. The summed E-state index contributed by atoms with van der Waals surface area (Å²) >= 11 is 0. The maximum absolute atomic E-state index is 8.34. The Morgan fingerprint density at radius 1 is 1.14 bits per heavy atom. The molecule has 1 rings (SSSR count). The van der Waals surface area contributed by atoms with Crippen LogP contribution in [0.25, 0.3) is 0 Å². The molecule has 0 bridgehead atoms. The van der Waals surface area contributed by atoms with E-state index in [0.717, 1.165) is 0 Å². The number of hydrogen-bond donors (Lipinski definition) is 2. The highest BCUT2D eigenvalue weighted by molar-refractivity contribution is 6.60. The first kappa shape index (κ1) is 11.0. The second-order valence-electron chi connectivity index (χ2n) is 2.54. The highest BCUT2D eigenvalue weighted by Crippen LogP contribution is 2.07. The van der Waals surface area contributed by atoms with Crippen LogP contribution >= 0.6 is 0 Å². The van der Waals surface area contributed by atoms with Gasteiger partial charge < -0.3 is 4.74 Å². The van der Waals surface area contributed by atoms with E-state index in [2.05, 4.69) is 9.61 Å². The van der Waals surface area contributed by atoms with Crippen molar-refractivity contribution in [3.63, 3.8) is 0 Å². The average Bonchev–Trinajstić information content (AvgIpc) is 2.23. The number of hydrogen-bond acceptors (Lipinski definition) is 5. The van der Waals surface area contributed by atoms with E-state index in [1.165, 1.54) is 0 Å². The van der Waals surface area contributed by atoms with Gasteiger partial charge in [-0.25, -0.2) is 0 Å². The molecule has 0 heterocycles. The van der Waals surface area contributed by atoms with Crippen molar-refractivity contribution in [3.8, 4) is 5.75 Å². The molecule has 2 N–H and O–H groups in total. The molecular weight excluding hydrogens is 187 g/mol. The van der Waals surface area contributed by atoms with E-state index in [1.54, 1.807) is 24.3 Å². The zero-order valence-electron chi connectivity index (χ0n) is 7.71. The second-order valence-corrected chi connectivity index (χ2v) is 2.54. The number of benzene rings is 1. The fraction of sp³-hybridized carbons (Fsp3) is 0.250.